The van der Waals surface area contributed by atoms with Crippen molar-refractivity contribution in [2.75, 3.05) is 18.8 Å². The van der Waals surface area contributed by atoms with Crippen molar-refractivity contribution in [1.29, 1.82) is 0 Å². The zero-order chi connectivity index (χ0) is 13.2. The summed E-state index contributed by atoms with van der Waals surface area (Å²) in [6, 6.07) is 0. The van der Waals surface area contributed by atoms with Crippen LogP contribution in [0.5, 0.6) is 0 Å². The highest BCUT2D eigenvalue weighted by Crippen LogP contribution is 2.49. The maximum Gasteiger partial charge on any atom is 0.223 e. The number of carbonyl (C=O) groups excluding carboxylic acids is 2. The number of carbonyl (C=O) groups is 2. The number of hydrogen-bond acceptors (Lipinski definition) is 3. The Bertz CT molecular complexity index is 334. The Balaban J connectivity index is 1.75. The third kappa shape index (κ3) is 3.40. The van der Waals surface area contributed by atoms with E-state index in [-0.39, 0.29) is 17.2 Å². The summed E-state index contributed by atoms with van der Waals surface area (Å²) < 4.78 is 0. The minimum absolute atomic E-state index is 0.199. The smallest absolute Gasteiger partial charge is 0.223 e. The summed E-state index contributed by atoms with van der Waals surface area (Å²) in [5.74, 6) is 1.22. The lowest BCUT2D eigenvalue weighted by atomic mass is 9.92. The summed E-state index contributed by atoms with van der Waals surface area (Å²) in [6.07, 6.45) is 5.20. The van der Waals surface area contributed by atoms with Gasteiger partial charge in [0.1, 0.15) is 0 Å². The van der Waals surface area contributed by atoms with Crippen LogP contribution in [0, 0.1) is 11.3 Å². The molecule has 2 rings (SSSR count). The van der Waals surface area contributed by atoms with Gasteiger partial charge in [-0.05, 0) is 42.8 Å². The van der Waals surface area contributed by atoms with E-state index in [0.29, 0.717) is 18.8 Å². The summed E-state index contributed by atoms with van der Waals surface area (Å²) in [5, 5.41) is 0. The SMILES string of the molecule is NC(=O)CC1CCN(C(=O)CC2(CS)CC2)CC1. The summed E-state index contributed by atoms with van der Waals surface area (Å²) in [7, 11) is 0. The molecule has 1 aliphatic heterocycles. The van der Waals surface area contributed by atoms with Crippen LogP contribution in [0.1, 0.15) is 38.5 Å². The number of rotatable bonds is 5. The van der Waals surface area contributed by atoms with E-state index >= 15 is 0 Å². The second-order valence-corrected chi connectivity index (χ2v) is 6.15. The average Bonchev–Trinajstić information content (AvgIpc) is 3.09. The van der Waals surface area contributed by atoms with Gasteiger partial charge in [-0.1, -0.05) is 0 Å². The average molecular weight is 270 g/mol. The van der Waals surface area contributed by atoms with Gasteiger partial charge in [0.2, 0.25) is 11.8 Å². The van der Waals surface area contributed by atoms with Gasteiger partial charge in [-0.3, -0.25) is 9.59 Å². The van der Waals surface area contributed by atoms with Crippen LogP contribution in [0.4, 0.5) is 0 Å². The van der Waals surface area contributed by atoms with Crippen LogP contribution in [0.15, 0.2) is 0 Å². The van der Waals surface area contributed by atoms with E-state index in [1.807, 2.05) is 4.90 Å². The van der Waals surface area contributed by atoms with E-state index in [2.05, 4.69) is 12.6 Å². The lowest BCUT2D eigenvalue weighted by Gasteiger charge is -2.32. The Hall–Kier alpha value is -0.710. The molecule has 2 N–H and O–H groups in total. The molecule has 0 aromatic heterocycles. The molecule has 2 amide bonds. The Morgan fingerprint density at radius 2 is 1.89 bits per heavy atom. The molecule has 102 valence electrons. The topological polar surface area (TPSA) is 63.4 Å². The zero-order valence-electron chi connectivity index (χ0n) is 10.7. The van der Waals surface area contributed by atoms with Gasteiger partial charge in [0.15, 0.2) is 0 Å². The van der Waals surface area contributed by atoms with Crippen LogP contribution in [-0.2, 0) is 9.59 Å². The molecule has 0 spiro atoms. The molecule has 2 aliphatic rings. The third-order valence-corrected chi connectivity index (χ3v) is 4.95. The first kappa shape index (κ1) is 13.7. The van der Waals surface area contributed by atoms with E-state index in [0.717, 1.165) is 44.5 Å². The summed E-state index contributed by atoms with van der Waals surface area (Å²) in [4.78, 5) is 24.9. The van der Waals surface area contributed by atoms with Gasteiger partial charge in [0.25, 0.3) is 0 Å². The quantitative estimate of drug-likeness (QED) is 0.737. The summed E-state index contributed by atoms with van der Waals surface area (Å²) in [5.41, 5.74) is 5.40. The fourth-order valence-corrected chi connectivity index (χ4v) is 3.10. The Kier molecular flexibility index (Phi) is 4.20. The lowest BCUT2D eigenvalue weighted by Crippen LogP contribution is -2.40. The molecule has 1 saturated carbocycles. The molecule has 0 radical (unpaired) electrons. The van der Waals surface area contributed by atoms with E-state index in [1.54, 1.807) is 0 Å². The summed E-state index contributed by atoms with van der Waals surface area (Å²) in [6.45, 7) is 1.55. The first-order valence-electron chi connectivity index (χ1n) is 6.72. The predicted molar refractivity (Wildman–Crippen MR) is 73.3 cm³/mol. The molecule has 1 aliphatic carbocycles. The Morgan fingerprint density at radius 1 is 1.28 bits per heavy atom. The number of hydrogen-bond donors (Lipinski definition) is 2. The van der Waals surface area contributed by atoms with Crippen LogP contribution < -0.4 is 5.73 Å². The molecule has 0 unspecified atom stereocenters. The number of likely N-dealkylation sites (tertiary alicyclic amines) is 1. The Morgan fingerprint density at radius 3 is 2.33 bits per heavy atom. The molecule has 5 heteroatoms. The molecule has 0 bridgehead atoms. The number of nitrogens with zero attached hydrogens (tertiary/aromatic N) is 1. The molecule has 1 saturated heterocycles. The van der Waals surface area contributed by atoms with Gasteiger partial charge >= 0.3 is 0 Å². The second-order valence-electron chi connectivity index (χ2n) is 5.83. The minimum Gasteiger partial charge on any atom is -0.370 e. The van der Waals surface area contributed by atoms with Crippen LogP contribution in [0.3, 0.4) is 0 Å². The summed E-state index contributed by atoms with van der Waals surface area (Å²) >= 11 is 4.33. The molecule has 4 nitrogen and oxygen atoms in total. The van der Waals surface area contributed by atoms with Crippen molar-refractivity contribution in [2.45, 2.75) is 38.5 Å². The Labute approximate surface area is 114 Å². The van der Waals surface area contributed by atoms with Crippen molar-refractivity contribution >= 4 is 24.4 Å². The molecule has 0 atom stereocenters. The number of primary amides is 1. The van der Waals surface area contributed by atoms with Gasteiger partial charge in [0, 0.05) is 25.9 Å². The first-order chi connectivity index (χ1) is 8.54. The monoisotopic (exact) mass is 270 g/mol. The van der Waals surface area contributed by atoms with Gasteiger partial charge in [-0.25, -0.2) is 0 Å². The predicted octanol–water partition coefficient (Wildman–Crippen LogP) is 1.20. The highest BCUT2D eigenvalue weighted by atomic mass is 32.1. The maximum atomic E-state index is 12.1. The van der Waals surface area contributed by atoms with E-state index < -0.39 is 0 Å². The van der Waals surface area contributed by atoms with Crippen LogP contribution in [0.2, 0.25) is 0 Å². The molecule has 2 fully saturated rings. The number of nitrogens with two attached hydrogens (primary N) is 1. The highest BCUT2D eigenvalue weighted by Gasteiger charge is 2.43. The fraction of sp³-hybridized carbons (Fsp3) is 0.846. The minimum atomic E-state index is -0.230. The number of piperidine rings is 1. The van der Waals surface area contributed by atoms with E-state index in [9.17, 15) is 9.59 Å². The lowest BCUT2D eigenvalue weighted by molar-refractivity contribution is -0.133. The van der Waals surface area contributed by atoms with Gasteiger partial charge < -0.3 is 10.6 Å². The molecular formula is C13H22N2O2S. The number of amides is 2. The highest BCUT2D eigenvalue weighted by molar-refractivity contribution is 7.80. The standard InChI is InChI=1S/C13H22N2O2S/c14-11(16)7-10-1-5-15(6-2-10)12(17)8-13(9-18)3-4-13/h10,18H,1-9H2,(H2,14,16). The van der Waals surface area contributed by atoms with Crippen molar-refractivity contribution in [3.8, 4) is 0 Å². The number of thiol groups is 1. The van der Waals surface area contributed by atoms with Crippen LogP contribution in [0.25, 0.3) is 0 Å². The second kappa shape index (κ2) is 5.51. The normalized spacial score (nSPS) is 22.8. The van der Waals surface area contributed by atoms with Crippen molar-refractivity contribution in [2.24, 2.45) is 17.1 Å². The fourth-order valence-electron chi connectivity index (χ4n) is 2.67. The molecule has 1 heterocycles. The van der Waals surface area contributed by atoms with Gasteiger partial charge in [-0.15, -0.1) is 0 Å². The van der Waals surface area contributed by atoms with Gasteiger partial charge in [0.05, 0.1) is 0 Å². The molecule has 18 heavy (non-hydrogen) atoms. The largest absolute Gasteiger partial charge is 0.370 e. The van der Waals surface area contributed by atoms with E-state index in [1.165, 1.54) is 0 Å². The van der Waals surface area contributed by atoms with Crippen molar-refractivity contribution in [3.63, 3.8) is 0 Å². The van der Waals surface area contributed by atoms with Crippen LogP contribution >= 0.6 is 12.6 Å². The van der Waals surface area contributed by atoms with Crippen molar-refractivity contribution < 1.29 is 9.59 Å². The van der Waals surface area contributed by atoms with Crippen LogP contribution in [-0.4, -0.2) is 35.6 Å². The van der Waals surface area contributed by atoms with E-state index in [4.69, 9.17) is 5.73 Å². The maximum absolute atomic E-state index is 12.1. The molecule has 0 aromatic carbocycles. The zero-order valence-corrected chi connectivity index (χ0v) is 11.6. The molecular weight excluding hydrogens is 248 g/mol. The van der Waals surface area contributed by atoms with Gasteiger partial charge in [-0.2, -0.15) is 12.6 Å². The first-order valence-corrected chi connectivity index (χ1v) is 7.35. The van der Waals surface area contributed by atoms with Crippen molar-refractivity contribution in [3.05, 3.63) is 0 Å². The molecule has 0 aromatic rings. The third-order valence-electron chi connectivity index (χ3n) is 4.28. The van der Waals surface area contributed by atoms with Crippen molar-refractivity contribution in [1.82, 2.24) is 4.90 Å².